The van der Waals surface area contributed by atoms with E-state index in [1.54, 1.807) is 7.11 Å². The highest BCUT2D eigenvalue weighted by atomic mass is 16.5. The first-order valence-electron chi connectivity index (χ1n) is 11.8. The largest absolute Gasteiger partial charge is 0.497 e. The molecule has 1 fully saturated rings. The van der Waals surface area contributed by atoms with Gasteiger partial charge in [-0.3, -0.25) is 0 Å². The number of hydrogen-bond acceptors (Lipinski definition) is 6. The second-order valence-electron chi connectivity index (χ2n) is 8.74. The smallest absolute Gasteiger partial charge is 0.131 e. The number of hydrogen-bond donors (Lipinski definition) is 2. The average Bonchev–Trinajstić information content (AvgIpc) is 3.27. The molecule has 176 valence electrons. The molecule has 0 saturated carbocycles. The van der Waals surface area contributed by atoms with Crippen molar-refractivity contribution < 1.29 is 4.74 Å². The van der Waals surface area contributed by atoms with Crippen molar-refractivity contribution >= 4 is 33.8 Å². The number of pyridine rings is 1. The lowest BCUT2D eigenvalue weighted by Crippen LogP contribution is -2.46. The lowest BCUT2D eigenvalue weighted by Gasteiger charge is -2.35. The number of methoxy groups -OCH3 is 1. The Morgan fingerprint density at radius 2 is 1.79 bits per heavy atom. The number of anilines is 4. The molecule has 0 atom stereocenters. The molecular weight excluding hydrogens is 424 g/mol. The maximum absolute atomic E-state index is 6.41. The van der Waals surface area contributed by atoms with Crippen LogP contribution in [-0.2, 0) is 6.54 Å². The van der Waals surface area contributed by atoms with Crippen molar-refractivity contribution in [3.63, 3.8) is 0 Å². The van der Waals surface area contributed by atoms with Crippen molar-refractivity contribution in [3.8, 4) is 5.75 Å². The van der Waals surface area contributed by atoms with Crippen LogP contribution in [0.4, 0.5) is 22.9 Å². The summed E-state index contributed by atoms with van der Waals surface area (Å²) in [5.74, 6) is 1.65. The third-order valence-electron chi connectivity index (χ3n) is 6.65. The van der Waals surface area contributed by atoms with Gasteiger partial charge in [-0.05, 0) is 54.6 Å². The van der Waals surface area contributed by atoms with Gasteiger partial charge in [-0.15, -0.1) is 0 Å². The van der Waals surface area contributed by atoms with Gasteiger partial charge in [0.25, 0.3) is 0 Å². The van der Waals surface area contributed by atoms with E-state index in [1.807, 2.05) is 18.3 Å². The summed E-state index contributed by atoms with van der Waals surface area (Å²) in [4.78, 5) is 9.53. The van der Waals surface area contributed by atoms with E-state index in [-0.39, 0.29) is 0 Å². The molecule has 1 saturated heterocycles. The van der Waals surface area contributed by atoms with E-state index in [9.17, 15) is 0 Å². The second kappa shape index (κ2) is 9.65. The fourth-order valence-corrected chi connectivity index (χ4v) is 4.54. The van der Waals surface area contributed by atoms with E-state index >= 15 is 0 Å². The highest BCUT2D eigenvalue weighted by Crippen LogP contribution is 2.29. The standard InChI is InChI=1S/C27H32N6O/c1-3-31-12-14-32(15-13-31)22-6-9-25(24(28)17-22)30-27-16-21-10-11-33(26(21)18-29-27)19-20-4-7-23(34-2)8-5-20/h4-11,16-18H,3,12-15,19,28H2,1-2H3,(H,29,30). The van der Waals surface area contributed by atoms with Crippen molar-refractivity contribution in [2.24, 2.45) is 0 Å². The summed E-state index contributed by atoms with van der Waals surface area (Å²) < 4.78 is 7.46. The number of aromatic nitrogens is 2. The quantitative estimate of drug-likeness (QED) is 0.397. The molecule has 2 aromatic carbocycles. The molecule has 34 heavy (non-hydrogen) atoms. The predicted octanol–water partition coefficient (Wildman–Crippen LogP) is 4.56. The van der Waals surface area contributed by atoms with Crippen LogP contribution in [-0.4, -0.2) is 54.3 Å². The number of nitrogens with two attached hydrogens (primary N) is 1. The summed E-state index contributed by atoms with van der Waals surface area (Å²) in [7, 11) is 1.68. The fourth-order valence-electron chi connectivity index (χ4n) is 4.54. The van der Waals surface area contributed by atoms with E-state index in [0.29, 0.717) is 0 Å². The van der Waals surface area contributed by atoms with Crippen molar-refractivity contribution in [1.82, 2.24) is 14.5 Å². The van der Waals surface area contributed by atoms with Gasteiger partial charge in [0, 0.05) is 50.0 Å². The molecule has 3 heterocycles. The Kier molecular flexibility index (Phi) is 6.27. The summed E-state index contributed by atoms with van der Waals surface area (Å²) in [6.07, 6.45) is 4.01. The Labute approximate surface area is 200 Å². The number of piperazine rings is 1. The Balaban J connectivity index is 1.28. The van der Waals surface area contributed by atoms with Crippen molar-refractivity contribution in [3.05, 3.63) is 72.6 Å². The van der Waals surface area contributed by atoms with Crippen molar-refractivity contribution in [1.29, 1.82) is 0 Å². The lowest BCUT2D eigenvalue weighted by molar-refractivity contribution is 0.271. The summed E-state index contributed by atoms with van der Waals surface area (Å²) in [6, 6.07) is 18.6. The van der Waals surface area contributed by atoms with Gasteiger partial charge in [-0.2, -0.15) is 0 Å². The summed E-state index contributed by atoms with van der Waals surface area (Å²) in [5.41, 5.74) is 11.5. The average molecular weight is 457 g/mol. The zero-order chi connectivity index (χ0) is 23.5. The van der Waals surface area contributed by atoms with Crippen LogP contribution >= 0.6 is 0 Å². The second-order valence-corrected chi connectivity index (χ2v) is 8.74. The first-order valence-corrected chi connectivity index (χ1v) is 11.8. The maximum Gasteiger partial charge on any atom is 0.131 e. The van der Waals surface area contributed by atoms with E-state index < -0.39 is 0 Å². The number of fused-ring (bicyclic) bond motifs is 1. The van der Waals surface area contributed by atoms with Gasteiger partial charge in [0.05, 0.1) is 30.2 Å². The van der Waals surface area contributed by atoms with Crippen LogP contribution < -0.4 is 20.7 Å². The minimum Gasteiger partial charge on any atom is -0.497 e. The highest BCUT2D eigenvalue weighted by Gasteiger charge is 2.16. The van der Waals surface area contributed by atoms with E-state index in [4.69, 9.17) is 10.5 Å². The van der Waals surface area contributed by atoms with E-state index in [1.165, 1.54) is 11.3 Å². The fraction of sp³-hybridized carbons (Fsp3) is 0.296. The van der Waals surface area contributed by atoms with Gasteiger partial charge in [0.15, 0.2) is 0 Å². The molecule has 0 unspecified atom stereocenters. The Morgan fingerprint density at radius 3 is 2.50 bits per heavy atom. The van der Waals surface area contributed by atoms with Crippen LogP contribution in [0.5, 0.6) is 5.75 Å². The van der Waals surface area contributed by atoms with Gasteiger partial charge in [0.2, 0.25) is 0 Å². The molecule has 0 aliphatic carbocycles. The first-order chi connectivity index (χ1) is 16.6. The van der Waals surface area contributed by atoms with Gasteiger partial charge < -0.3 is 30.2 Å². The number of ether oxygens (including phenoxy) is 1. The van der Waals surface area contributed by atoms with Gasteiger partial charge >= 0.3 is 0 Å². The summed E-state index contributed by atoms with van der Waals surface area (Å²) in [6.45, 7) is 8.37. The minimum absolute atomic E-state index is 0.731. The van der Waals surface area contributed by atoms with Gasteiger partial charge in [0.1, 0.15) is 11.6 Å². The molecule has 5 rings (SSSR count). The zero-order valence-electron chi connectivity index (χ0n) is 19.9. The van der Waals surface area contributed by atoms with Crippen molar-refractivity contribution in [2.75, 3.05) is 55.8 Å². The summed E-state index contributed by atoms with van der Waals surface area (Å²) >= 11 is 0. The number of rotatable bonds is 7. The molecule has 2 aromatic heterocycles. The molecule has 3 N–H and O–H groups in total. The number of nitrogen functional groups attached to an aromatic ring is 1. The molecule has 1 aliphatic rings. The monoisotopic (exact) mass is 456 g/mol. The third-order valence-corrected chi connectivity index (χ3v) is 6.65. The minimum atomic E-state index is 0.731. The summed E-state index contributed by atoms with van der Waals surface area (Å²) in [5, 5.41) is 4.53. The molecule has 0 radical (unpaired) electrons. The SMILES string of the molecule is CCN1CCN(c2ccc(Nc3cc4ccn(Cc5ccc(OC)cc5)c4cn3)c(N)c2)CC1. The lowest BCUT2D eigenvalue weighted by atomic mass is 10.2. The predicted molar refractivity (Wildman–Crippen MR) is 140 cm³/mol. The Bertz CT molecular complexity index is 1260. The molecule has 1 aliphatic heterocycles. The molecule has 7 nitrogen and oxygen atoms in total. The molecule has 0 bridgehead atoms. The van der Waals surface area contributed by atoms with Crippen LogP contribution in [0.2, 0.25) is 0 Å². The Morgan fingerprint density at radius 1 is 1.00 bits per heavy atom. The van der Waals surface area contributed by atoms with Crippen LogP contribution in [0.25, 0.3) is 10.9 Å². The van der Waals surface area contributed by atoms with E-state index in [2.05, 4.69) is 80.3 Å². The van der Waals surface area contributed by atoms with Crippen LogP contribution in [0.15, 0.2) is 67.0 Å². The number of benzene rings is 2. The number of nitrogens with one attached hydrogen (secondary N) is 1. The van der Waals surface area contributed by atoms with E-state index in [0.717, 1.165) is 73.1 Å². The number of nitrogens with zero attached hydrogens (tertiary/aromatic N) is 4. The molecule has 4 aromatic rings. The molecule has 0 amide bonds. The zero-order valence-corrected chi connectivity index (χ0v) is 19.9. The van der Waals surface area contributed by atoms with Crippen LogP contribution in [0, 0.1) is 0 Å². The first kappa shape index (κ1) is 22.1. The van der Waals surface area contributed by atoms with Crippen LogP contribution in [0.1, 0.15) is 12.5 Å². The number of likely N-dealkylation sites (N-methyl/N-ethyl adjacent to an activating group) is 1. The molecule has 0 spiro atoms. The third kappa shape index (κ3) is 4.65. The van der Waals surface area contributed by atoms with Crippen LogP contribution in [0.3, 0.4) is 0 Å². The highest BCUT2D eigenvalue weighted by molar-refractivity contribution is 5.84. The molecule has 7 heteroatoms. The Hall–Kier alpha value is -3.71. The van der Waals surface area contributed by atoms with Gasteiger partial charge in [-0.1, -0.05) is 19.1 Å². The van der Waals surface area contributed by atoms with Crippen molar-refractivity contribution in [2.45, 2.75) is 13.5 Å². The van der Waals surface area contributed by atoms with Gasteiger partial charge in [-0.25, -0.2) is 4.98 Å². The normalized spacial score (nSPS) is 14.5. The maximum atomic E-state index is 6.41. The topological polar surface area (TPSA) is 71.6 Å². The molecular formula is C27H32N6O.